The molecule has 5 atom stereocenters. The van der Waals surface area contributed by atoms with E-state index >= 15 is 0 Å². The van der Waals surface area contributed by atoms with Crippen molar-refractivity contribution in [3.63, 3.8) is 0 Å². The van der Waals surface area contributed by atoms with Gasteiger partial charge in [-0.25, -0.2) is 13.7 Å². The smallest absolute Gasteiger partial charge is 0.396 e. The number of hydrogen-bond donors (Lipinski definition) is 5. The Kier molecular flexibility index (Phi) is 6.93. The fourth-order valence-corrected chi connectivity index (χ4v) is 4.91. The van der Waals surface area contributed by atoms with E-state index in [4.69, 9.17) is 24.5 Å². The van der Waals surface area contributed by atoms with Crippen molar-refractivity contribution in [1.29, 1.82) is 0 Å². The van der Waals surface area contributed by atoms with Gasteiger partial charge in [0.1, 0.15) is 0 Å². The van der Waals surface area contributed by atoms with Gasteiger partial charge in [0.05, 0.1) is 18.8 Å². The highest BCUT2D eigenvalue weighted by Crippen LogP contribution is 2.66. The van der Waals surface area contributed by atoms with Gasteiger partial charge in [-0.05, 0) is 13.3 Å². The molecule has 1 rings (SSSR count). The number of phosphoric acid groups is 3. The molecule has 0 aromatic rings. The van der Waals surface area contributed by atoms with Crippen LogP contribution in [0.15, 0.2) is 0 Å². The van der Waals surface area contributed by atoms with Crippen LogP contribution >= 0.6 is 23.5 Å². The molecule has 1 fully saturated rings. The molecule has 1 saturated heterocycles. The van der Waals surface area contributed by atoms with E-state index in [0.717, 1.165) is 0 Å². The lowest BCUT2D eigenvalue weighted by Gasteiger charge is -2.20. The summed E-state index contributed by atoms with van der Waals surface area (Å²) in [5.74, 6) is -0.359. The number of rotatable bonds is 8. The predicted octanol–water partition coefficient (Wildman–Crippen LogP) is 0.116. The third-order valence-corrected chi connectivity index (χ3v) is 6.42. The molecule has 1 heterocycles. The Balaban J connectivity index is 2.59. The van der Waals surface area contributed by atoms with Crippen molar-refractivity contribution >= 4 is 23.5 Å². The Labute approximate surface area is 125 Å². The summed E-state index contributed by atoms with van der Waals surface area (Å²) in [5, 5.41) is 9.11. The monoisotopic (exact) mass is 386 g/mol. The first-order chi connectivity index (χ1) is 9.84. The molecule has 0 amide bonds. The summed E-state index contributed by atoms with van der Waals surface area (Å²) in [4.78, 5) is 34.9. The van der Waals surface area contributed by atoms with E-state index in [0.29, 0.717) is 6.42 Å². The van der Waals surface area contributed by atoms with Gasteiger partial charge >= 0.3 is 23.5 Å². The van der Waals surface area contributed by atoms with E-state index in [9.17, 15) is 18.6 Å². The Morgan fingerprint density at radius 3 is 2.18 bits per heavy atom. The molecule has 22 heavy (non-hydrogen) atoms. The molecule has 12 nitrogen and oxygen atoms in total. The van der Waals surface area contributed by atoms with Crippen molar-refractivity contribution < 1.29 is 56.3 Å². The van der Waals surface area contributed by atoms with Crippen LogP contribution in [0.4, 0.5) is 0 Å². The number of phosphoric ester groups is 1. The zero-order valence-corrected chi connectivity index (χ0v) is 14.0. The third-order valence-electron chi connectivity index (χ3n) is 2.62. The summed E-state index contributed by atoms with van der Waals surface area (Å²) in [6, 6.07) is 0. The molecule has 0 aromatic carbocycles. The fraction of sp³-hybridized carbons (Fsp3) is 1.00. The highest BCUT2D eigenvalue weighted by molar-refractivity contribution is 7.66. The van der Waals surface area contributed by atoms with Gasteiger partial charge in [-0.3, -0.25) is 4.52 Å². The molecule has 15 heteroatoms. The maximum absolute atomic E-state index is 11.5. The van der Waals surface area contributed by atoms with E-state index in [1.54, 1.807) is 6.92 Å². The number of aliphatic hydroxyl groups excluding tert-OH is 1. The van der Waals surface area contributed by atoms with Crippen LogP contribution in [0.25, 0.3) is 0 Å². The zero-order chi connectivity index (χ0) is 17.2. The van der Waals surface area contributed by atoms with Gasteiger partial charge in [-0.15, -0.1) is 0 Å². The van der Waals surface area contributed by atoms with Crippen LogP contribution in [0.1, 0.15) is 13.3 Å². The summed E-state index contributed by atoms with van der Waals surface area (Å²) >= 11 is 0. The van der Waals surface area contributed by atoms with Crippen molar-refractivity contribution in [1.82, 2.24) is 0 Å². The second kappa shape index (κ2) is 7.48. The van der Waals surface area contributed by atoms with E-state index in [-0.39, 0.29) is 18.6 Å². The molecule has 0 aromatic heterocycles. The zero-order valence-electron chi connectivity index (χ0n) is 11.3. The van der Waals surface area contributed by atoms with Gasteiger partial charge in [0, 0.05) is 12.5 Å². The Morgan fingerprint density at radius 1 is 1.09 bits per heavy atom. The summed E-state index contributed by atoms with van der Waals surface area (Å²) in [5.41, 5.74) is 0. The van der Waals surface area contributed by atoms with Crippen LogP contribution in [0, 0.1) is 5.92 Å². The number of hydrogen-bond acceptors (Lipinski definition) is 8. The van der Waals surface area contributed by atoms with Crippen LogP contribution in [0.5, 0.6) is 0 Å². The molecule has 5 N–H and O–H groups in total. The first kappa shape index (κ1) is 20.4. The van der Waals surface area contributed by atoms with Crippen molar-refractivity contribution in [2.45, 2.75) is 25.6 Å². The maximum Gasteiger partial charge on any atom is 0.490 e. The molecule has 0 aliphatic carbocycles. The minimum absolute atomic E-state index is 0.216. The van der Waals surface area contributed by atoms with Gasteiger partial charge < -0.3 is 29.4 Å². The van der Waals surface area contributed by atoms with Crippen LogP contribution in [-0.4, -0.2) is 50.1 Å². The summed E-state index contributed by atoms with van der Waals surface area (Å²) in [6.07, 6.45) is -0.475. The SMILES string of the molecule is C[C@H]1C[C@H](CO)[C@@H](COP(=O)(O)OP(=O)(O)OP(=O)(O)O)O1. The first-order valence-electron chi connectivity index (χ1n) is 5.88. The molecule has 0 spiro atoms. The summed E-state index contributed by atoms with van der Waals surface area (Å²) in [6.45, 7) is 0.918. The minimum Gasteiger partial charge on any atom is -0.396 e. The number of ether oxygens (including phenoxy) is 1. The quantitative estimate of drug-likeness (QED) is 0.355. The first-order valence-corrected chi connectivity index (χ1v) is 10.4. The van der Waals surface area contributed by atoms with E-state index in [1.807, 2.05) is 0 Å². The fourth-order valence-electron chi connectivity index (χ4n) is 1.88. The Bertz CT molecular complexity index is 515. The lowest BCUT2D eigenvalue weighted by molar-refractivity contribution is -0.00157. The molecule has 0 saturated carbocycles. The maximum atomic E-state index is 11.5. The molecule has 132 valence electrons. The molecule has 2 unspecified atom stereocenters. The van der Waals surface area contributed by atoms with Crippen LogP contribution in [-0.2, 0) is 31.6 Å². The largest absolute Gasteiger partial charge is 0.490 e. The lowest BCUT2D eigenvalue weighted by atomic mass is 10.0. The van der Waals surface area contributed by atoms with Crippen LogP contribution < -0.4 is 0 Å². The van der Waals surface area contributed by atoms with Crippen molar-refractivity contribution in [2.75, 3.05) is 13.2 Å². The second-order valence-corrected chi connectivity index (χ2v) is 8.97. The number of aliphatic hydroxyl groups is 1. The predicted molar refractivity (Wildman–Crippen MR) is 69.3 cm³/mol. The molecule has 1 aliphatic heterocycles. The van der Waals surface area contributed by atoms with Crippen LogP contribution in [0.2, 0.25) is 0 Å². The average molecular weight is 386 g/mol. The van der Waals surface area contributed by atoms with Gasteiger partial charge in [-0.2, -0.15) is 8.62 Å². The van der Waals surface area contributed by atoms with Gasteiger partial charge in [0.25, 0.3) is 0 Å². The third kappa shape index (κ3) is 7.27. The second-order valence-electron chi connectivity index (χ2n) is 4.55. The highest BCUT2D eigenvalue weighted by atomic mass is 31.3. The highest BCUT2D eigenvalue weighted by Gasteiger charge is 2.42. The summed E-state index contributed by atoms with van der Waals surface area (Å²) < 4.78 is 49.9. The normalized spacial score (nSPS) is 31.6. The Morgan fingerprint density at radius 2 is 1.68 bits per heavy atom. The summed E-state index contributed by atoms with van der Waals surface area (Å²) in [7, 11) is -16.1. The Hall–Kier alpha value is 0.330. The van der Waals surface area contributed by atoms with E-state index in [1.165, 1.54) is 0 Å². The minimum atomic E-state index is -5.52. The van der Waals surface area contributed by atoms with Gasteiger partial charge in [0.2, 0.25) is 0 Å². The molecular weight excluding hydrogens is 369 g/mol. The average Bonchev–Trinajstić information content (AvgIpc) is 2.62. The van der Waals surface area contributed by atoms with Crippen molar-refractivity contribution in [3.05, 3.63) is 0 Å². The van der Waals surface area contributed by atoms with Crippen LogP contribution in [0.3, 0.4) is 0 Å². The van der Waals surface area contributed by atoms with Gasteiger partial charge in [-0.1, -0.05) is 0 Å². The standard InChI is InChI=1S/C7H17O12P3/c1-5-2-6(3-8)7(17-5)4-16-21(12,13)19-22(14,15)18-20(9,10)11/h5-8H,2-4H2,1H3,(H,12,13)(H,14,15)(H2,9,10,11)/t5-,6+,7+/m0/s1. The van der Waals surface area contributed by atoms with Crippen molar-refractivity contribution in [2.24, 2.45) is 5.92 Å². The van der Waals surface area contributed by atoms with E-state index < -0.39 is 36.2 Å². The van der Waals surface area contributed by atoms with E-state index in [2.05, 4.69) is 13.1 Å². The molecular formula is C7H17O12P3. The topological polar surface area (TPSA) is 189 Å². The lowest BCUT2D eigenvalue weighted by Crippen LogP contribution is -2.24. The molecule has 0 bridgehead atoms. The van der Waals surface area contributed by atoms with Crippen molar-refractivity contribution in [3.8, 4) is 0 Å². The molecule has 0 radical (unpaired) electrons. The van der Waals surface area contributed by atoms with Gasteiger partial charge in [0.15, 0.2) is 0 Å². The molecule has 1 aliphatic rings.